The molecule has 0 saturated carbocycles. The molecule has 0 aromatic rings. The minimum Gasteiger partial charge on any atom is -0.468 e. The second kappa shape index (κ2) is 17.0. The minimum absolute atomic E-state index is 0.0692. The van der Waals surface area contributed by atoms with E-state index in [1.54, 1.807) is 0 Å². The number of esters is 3. The van der Waals surface area contributed by atoms with Gasteiger partial charge in [0, 0.05) is 12.8 Å². The average molecular weight is 372 g/mol. The van der Waals surface area contributed by atoms with Crippen LogP contribution in [0.5, 0.6) is 0 Å². The summed E-state index contributed by atoms with van der Waals surface area (Å²) in [4.78, 5) is 34.2. The van der Waals surface area contributed by atoms with Gasteiger partial charge in [0.05, 0.1) is 7.11 Å². The fourth-order valence-electron chi connectivity index (χ4n) is 2.71. The Hall–Kier alpha value is -1.43. The van der Waals surface area contributed by atoms with Crippen LogP contribution >= 0.6 is 0 Å². The first-order valence-electron chi connectivity index (χ1n) is 10.1. The fraction of sp³-hybridized carbons (Fsp3) is 0.850. The van der Waals surface area contributed by atoms with Gasteiger partial charge in [-0.3, -0.25) is 14.4 Å². The third-order valence-electron chi connectivity index (χ3n) is 4.38. The summed E-state index contributed by atoms with van der Waals surface area (Å²) in [6, 6.07) is -0.866. The monoisotopic (exact) mass is 371 g/mol. The van der Waals surface area contributed by atoms with Crippen LogP contribution in [-0.4, -0.2) is 31.1 Å². The van der Waals surface area contributed by atoms with E-state index in [-0.39, 0.29) is 19.3 Å². The van der Waals surface area contributed by atoms with Crippen LogP contribution in [0.15, 0.2) is 0 Å². The van der Waals surface area contributed by atoms with Gasteiger partial charge in [-0.05, 0) is 12.8 Å². The number of unbranched alkanes of at least 4 members (excludes halogenated alkanes) is 10. The van der Waals surface area contributed by atoms with E-state index in [1.165, 1.54) is 58.5 Å². The Balaban J connectivity index is 3.48. The van der Waals surface area contributed by atoms with Crippen molar-refractivity contribution in [3.63, 3.8) is 0 Å². The molecule has 26 heavy (non-hydrogen) atoms. The normalized spacial score (nSPS) is 11.8. The van der Waals surface area contributed by atoms with Gasteiger partial charge in [0.15, 0.2) is 0 Å². The molecule has 0 heterocycles. The van der Waals surface area contributed by atoms with E-state index in [0.717, 1.165) is 19.3 Å². The molecule has 0 fully saturated rings. The molecule has 0 bridgehead atoms. The molecule has 0 aliphatic heterocycles. The Morgan fingerprint density at radius 2 is 1.23 bits per heavy atom. The highest BCUT2D eigenvalue weighted by Crippen LogP contribution is 2.12. The molecule has 0 amide bonds. The summed E-state index contributed by atoms with van der Waals surface area (Å²) in [6.07, 6.45) is 13.5. The van der Waals surface area contributed by atoms with Crippen LogP contribution in [-0.2, 0) is 23.9 Å². The topological polar surface area (TPSA) is 95.7 Å². The van der Waals surface area contributed by atoms with Crippen molar-refractivity contribution < 1.29 is 23.9 Å². The molecule has 0 aliphatic rings. The van der Waals surface area contributed by atoms with Crippen molar-refractivity contribution >= 4 is 17.9 Å². The van der Waals surface area contributed by atoms with Crippen LogP contribution in [0.4, 0.5) is 0 Å². The van der Waals surface area contributed by atoms with Crippen molar-refractivity contribution in [1.29, 1.82) is 0 Å². The van der Waals surface area contributed by atoms with Gasteiger partial charge in [0.25, 0.3) is 0 Å². The zero-order valence-electron chi connectivity index (χ0n) is 16.6. The number of hydrogen-bond acceptors (Lipinski definition) is 6. The van der Waals surface area contributed by atoms with E-state index in [0.29, 0.717) is 0 Å². The molecule has 0 radical (unpaired) electrons. The van der Waals surface area contributed by atoms with E-state index >= 15 is 0 Å². The quantitative estimate of drug-likeness (QED) is 0.250. The maximum atomic E-state index is 11.6. The molecule has 0 rings (SSSR count). The summed E-state index contributed by atoms with van der Waals surface area (Å²) in [6.45, 7) is 2.23. The minimum atomic E-state index is -0.866. The Labute approximate surface area is 158 Å². The van der Waals surface area contributed by atoms with Crippen LogP contribution in [0, 0.1) is 0 Å². The molecule has 0 saturated heterocycles. The number of nitrogens with two attached hydrogens (primary N) is 1. The molecule has 6 nitrogen and oxygen atoms in total. The molecule has 0 spiro atoms. The van der Waals surface area contributed by atoms with Crippen molar-refractivity contribution in [3.05, 3.63) is 0 Å². The molecule has 0 unspecified atom stereocenters. The van der Waals surface area contributed by atoms with E-state index in [9.17, 15) is 14.4 Å². The second-order valence-electron chi connectivity index (χ2n) is 6.80. The summed E-state index contributed by atoms with van der Waals surface area (Å²) in [5, 5.41) is 0. The van der Waals surface area contributed by atoms with Crippen molar-refractivity contribution in [2.75, 3.05) is 7.11 Å². The van der Waals surface area contributed by atoms with E-state index in [4.69, 9.17) is 10.5 Å². The van der Waals surface area contributed by atoms with Gasteiger partial charge >= 0.3 is 17.9 Å². The summed E-state index contributed by atoms with van der Waals surface area (Å²) in [7, 11) is 1.23. The van der Waals surface area contributed by atoms with Gasteiger partial charge in [-0.2, -0.15) is 0 Å². The third kappa shape index (κ3) is 14.9. The lowest BCUT2D eigenvalue weighted by atomic mass is 10.1. The Kier molecular flexibility index (Phi) is 16.1. The highest BCUT2D eigenvalue weighted by molar-refractivity contribution is 5.85. The first kappa shape index (κ1) is 24.6. The number of carbonyl (C=O) groups excluding carboxylic acids is 3. The highest BCUT2D eigenvalue weighted by Gasteiger charge is 2.17. The second-order valence-corrected chi connectivity index (χ2v) is 6.80. The zero-order valence-corrected chi connectivity index (χ0v) is 16.6. The van der Waals surface area contributed by atoms with E-state index in [2.05, 4.69) is 11.7 Å². The van der Waals surface area contributed by atoms with Gasteiger partial charge in [-0.1, -0.05) is 71.1 Å². The molecule has 0 aromatic carbocycles. The molecule has 0 aliphatic carbocycles. The first-order chi connectivity index (χ1) is 12.5. The SMILES string of the molecule is CCCCCCCCCCCCCC(=O)OC(=O)CC[C@H](N)C(=O)OC. The summed E-state index contributed by atoms with van der Waals surface area (Å²) >= 11 is 0. The number of hydrogen-bond donors (Lipinski definition) is 1. The Morgan fingerprint density at radius 3 is 1.73 bits per heavy atom. The van der Waals surface area contributed by atoms with Gasteiger partial charge in [0.1, 0.15) is 6.04 Å². The van der Waals surface area contributed by atoms with Crippen LogP contribution in [0.3, 0.4) is 0 Å². The van der Waals surface area contributed by atoms with Crippen LogP contribution in [0.25, 0.3) is 0 Å². The average Bonchev–Trinajstić information content (AvgIpc) is 2.63. The third-order valence-corrected chi connectivity index (χ3v) is 4.38. The molecule has 1 atom stereocenters. The Morgan fingerprint density at radius 1 is 0.769 bits per heavy atom. The summed E-state index contributed by atoms with van der Waals surface area (Å²) in [5.41, 5.74) is 5.52. The standard InChI is InChI=1S/C20H37NO5/c1-3-4-5-6-7-8-9-10-11-12-13-14-18(22)26-19(23)16-15-17(21)20(24)25-2/h17H,3-16,21H2,1-2H3/t17-/m0/s1. The van der Waals surface area contributed by atoms with Crippen LogP contribution in [0.2, 0.25) is 0 Å². The first-order valence-corrected chi connectivity index (χ1v) is 10.1. The predicted octanol–water partition coefficient (Wildman–Crippen LogP) is 4.04. The van der Waals surface area contributed by atoms with Gasteiger partial charge in [0.2, 0.25) is 0 Å². The largest absolute Gasteiger partial charge is 0.468 e. The highest BCUT2D eigenvalue weighted by atomic mass is 16.6. The molecule has 152 valence electrons. The number of carbonyl (C=O) groups is 3. The zero-order chi connectivity index (χ0) is 19.6. The van der Waals surface area contributed by atoms with Gasteiger partial charge < -0.3 is 15.2 Å². The lowest BCUT2D eigenvalue weighted by Crippen LogP contribution is -2.32. The van der Waals surface area contributed by atoms with Crippen molar-refractivity contribution in [2.24, 2.45) is 5.73 Å². The molecule has 6 heteroatoms. The fourth-order valence-corrected chi connectivity index (χ4v) is 2.71. The summed E-state index contributed by atoms with van der Waals surface area (Å²) < 4.78 is 9.19. The lowest BCUT2D eigenvalue weighted by Gasteiger charge is -2.08. The van der Waals surface area contributed by atoms with Gasteiger partial charge in [-0.15, -0.1) is 0 Å². The van der Waals surface area contributed by atoms with Gasteiger partial charge in [-0.25, -0.2) is 0 Å². The van der Waals surface area contributed by atoms with Crippen molar-refractivity contribution in [3.8, 4) is 0 Å². The molecular weight excluding hydrogens is 334 g/mol. The number of rotatable bonds is 16. The van der Waals surface area contributed by atoms with Crippen LogP contribution < -0.4 is 5.73 Å². The van der Waals surface area contributed by atoms with E-state index < -0.39 is 23.9 Å². The van der Waals surface area contributed by atoms with E-state index in [1.807, 2.05) is 0 Å². The maximum absolute atomic E-state index is 11.6. The van der Waals surface area contributed by atoms with Crippen LogP contribution in [0.1, 0.15) is 96.8 Å². The lowest BCUT2D eigenvalue weighted by molar-refractivity contribution is -0.159. The molecule has 0 aromatic heterocycles. The van der Waals surface area contributed by atoms with Crippen molar-refractivity contribution in [1.82, 2.24) is 0 Å². The Bertz CT molecular complexity index is 398. The van der Waals surface area contributed by atoms with Crippen molar-refractivity contribution in [2.45, 2.75) is 103 Å². The predicted molar refractivity (Wildman–Crippen MR) is 101 cm³/mol. The smallest absolute Gasteiger partial charge is 0.322 e. The summed E-state index contributed by atoms with van der Waals surface area (Å²) in [5.74, 6) is -1.72. The molecule has 2 N–H and O–H groups in total. The molecular formula is C20H37NO5. The maximum Gasteiger partial charge on any atom is 0.322 e. The number of ether oxygens (including phenoxy) is 2. The number of methoxy groups -OCH3 is 1.